The number of ether oxygens (including phenoxy) is 3. The number of nitriles is 1. The zero-order chi connectivity index (χ0) is 13.3. The summed E-state index contributed by atoms with van der Waals surface area (Å²) in [6, 6.07) is 9.87. The summed E-state index contributed by atoms with van der Waals surface area (Å²) in [5.74, 6) is 0.827. The van der Waals surface area contributed by atoms with Crippen LogP contribution in [0.2, 0.25) is 0 Å². The average molecular weight is 261 g/mol. The van der Waals surface area contributed by atoms with E-state index in [1.165, 1.54) is 0 Å². The van der Waals surface area contributed by atoms with Gasteiger partial charge in [-0.05, 0) is 30.5 Å². The molecule has 1 fully saturated rings. The third-order valence-corrected chi connectivity index (χ3v) is 2.96. The maximum Gasteiger partial charge on any atom is 0.199 e. The highest BCUT2D eigenvalue weighted by atomic mass is 16.7. The number of benzene rings is 1. The maximum absolute atomic E-state index is 8.40. The van der Waals surface area contributed by atoms with Gasteiger partial charge in [0, 0.05) is 6.42 Å². The van der Waals surface area contributed by atoms with Crippen molar-refractivity contribution < 1.29 is 14.2 Å². The van der Waals surface area contributed by atoms with Crippen molar-refractivity contribution in [2.24, 2.45) is 0 Å². The van der Waals surface area contributed by atoms with Crippen LogP contribution in [0.1, 0.15) is 31.2 Å². The third-order valence-electron chi connectivity index (χ3n) is 2.96. The number of rotatable bonds is 6. The molecule has 0 aromatic heterocycles. The summed E-state index contributed by atoms with van der Waals surface area (Å²) in [7, 11) is 0. The van der Waals surface area contributed by atoms with Crippen molar-refractivity contribution in [1.29, 1.82) is 5.26 Å². The van der Waals surface area contributed by atoms with Gasteiger partial charge >= 0.3 is 0 Å². The first-order chi connectivity index (χ1) is 9.38. The molecule has 1 aromatic carbocycles. The predicted octanol–water partition coefficient (Wildman–Crippen LogP) is 3.02. The molecule has 4 nitrogen and oxygen atoms in total. The van der Waals surface area contributed by atoms with Crippen LogP contribution in [0.25, 0.3) is 0 Å². The smallest absolute Gasteiger partial charge is 0.199 e. The molecular formula is C15H19NO3. The second-order valence-corrected chi connectivity index (χ2v) is 4.52. The van der Waals surface area contributed by atoms with Crippen molar-refractivity contribution in [3.63, 3.8) is 0 Å². The molecule has 0 unspecified atom stereocenters. The van der Waals surface area contributed by atoms with E-state index in [0.717, 1.165) is 37.2 Å². The van der Waals surface area contributed by atoms with Crippen LogP contribution in [0.4, 0.5) is 0 Å². The van der Waals surface area contributed by atoms with Crippen LogP contribution in [-0.2, 0) is 16.1 Å². The van der Waals surface area contributed by atoms with Gasteiger partial charge in [-0.25, -0.2) is 0 Å². The molecule has 19 heavy (non-hydrogen) atoms. The predicted molar refractivity (Wildman–Crippen MR) is 70.5 cm³/mol. The largest absolute Gasteiger partial charge is 0.465 e. The van der Waals surface area contributed by atoms with E-state index in [-0.39, 0.29) is 6.29 Å². The molecular weight excluding hydrogens is 242 g/mol. The first kappa shape index (κ1) is 13.9. The van der Waals surface area contributed by atoms with E-state index in [9.17, 15) is 0 Å². The Hall–Kier alpha value is -1.57. The highest BCUT2D eigenvalue weighted by Crippen LogP contribution is 2.19. The molecule has 2 rings (SSSR count). The Morgan fingerprint density at radius 2 is 2.11 bits per heavy atom. The van der Waals surface area contributed by atoms with E-state index in [0.29, 0.717) is 19.6 Å². The second-order valence-electron chi connectivity index (χ2n) is 4.52. The van der Waals surface area contributed by atoms with Gasteiger partial charge < -0.3 is 14.2 Å². The quantitative estimate of drug-likeness (QED) is 0.739. The fourth-order valence-electron chi connectivity index (χ4n) is 1.93. The van der Waals surface area contributed by atoms with Gasteiger partial charge in [-0.2, -0.15) is 5.26 Å². The van der Waals surface area contributed by atoms with Gasteiger partial charge in [0.05, 0.1) is 32.3 Å². The highest BCUT2D eigenvalue weighted by Gasteiger charge is 2.14. The Labute approximate surface area is 113 Å². The summed E-state index contributed by atoms with van der Waals surface area (Å²) in [6.45, 7) is 1.79. The average Bonchev–Trinajstić information content (AvgIpc) is 2.46. The van der Waals surface area contributed by atoms with E-state index in [2.05, 4.69) is 0 Å². The Balaban J connectivity index is 1.76. The summed E-state index contributed by atoms with van der Waals surface area (Å²) in [4.78, 5) is 0. The molecule has 0 N–H and O–H groups in total. The minimum atomic E-state index is -0.105. The molecule has 0 bridgehead atoms. The molecule has 0 amide bonds. The van der Waals surface area contributed by atoms with E-state index in [1.54, 1.807) is 0 Å². The van der Waals surface area contributed by atoms with Crippen LogP contribution < -0.4 is 4.74 Å². The molecule has 1 saturated heterocycles. The first-order valence-corrected chi connectivity index (χ1v) is 6.70. The van der Waals surface area contributed by atoms with Gasteiger partial charge in [-0.1, -0.05) is 12.1 Å². The van der Waals surface area contributed by atoms with Crippen LogP contribution in [0, 0.1) is 11.3 Å². The fourth-order valence-corrected chi connectivity index (χ4v) is 1.93. The highest BCUT2D eigenvalue weighted by molar-refractivity contribution is 5.27. The van der Waals surface area contributed by atoms with Crippen molar-refractivity contribution in [3.8, 4) is 11.8 Å². The molecule has 0 saturated carbocycles. The molecule has 1 aliphatic heterocycles. The molecule has 0 spiro atoms. The third kappa shape index (κ3) is 4.90. The van der Waals surface area contributed by atoms with Gasteiger partial charge in [-0.15, -0.1) is 0 Å². The van der Waals surface area contributed by atoms with Crippen molar-refractivity contribution in [2.75, 3.05) is 13.2 Å². The van der Waals surface area contributed by atoms with E-state index < -0.39 is 0 Å². The molecule has 1 aliphatic rings. The van der Waals surface area contributed by atoms with Gasteiger partial charge in [-0.3, -0.25) is 0 Å². The molecule has 102 valence electrons. The van der Waals surface area contributed by atoms with Gasteiger partial charge in [0.15, 0.2) is 6.29 Å². The normalized spacial score (nSPS) is 18.8. The van der Waals surface area contributed by atoms with Crippen LogP contribution >= 0.6 is 0 Å². The maximum atomic E-state index is 8.40. The van der Waals surface area contributed by atoms with Crippen LogP contribution in [0.3, 0.4) is 0 Å². The number of hydrogen-bond donors (Lipinski definition) is 0. The molecule has 0 aliphatic carbocycles. The van der Waals surface area contributed by atoms with Crippen molar-refractivity contribution >= 4 is 0 Å². The Kier molecular flexibility index (Phi) is 5.67. The monoisotopic (exact) mass is 261 g/mol. The molecule has 1 atom stereocenters. The van der Waals surface area contributed by atoms with Crippen LogP contribution in [-0.4, -0.2) is 19.5 Å². The van der Waals surface area contributed by atoms with Crippen LogP contribution in [0.5, 0.6) is 5.75 Å². The summed E-state index contributed by atoms with van der Waals surface area (Å²) in [6.07, 6.45) is 3.57. The summed E-state index contributed by atoms with van der Waals surface area (Å²) >= 11 is 0. The molecule has 1 heterocycles. The summed E-state index contributed by atoms with van der Waals surface area (Å²) < 4.78 is 16.6. The molecule has 1 aromatic rings. The number of nitrogens with zero attached hydrogens (tertiary/aromatic N) is 1. The first-order valence-electron chi connectivity index (χ1n) is 6.70. The van der Waals surface area contributed by atoms with E-state index >= 15 is 0 Å². The van der Waals surface area contributed by atoms with Gasteiger partial charge in [0.25, 0.3) is 0 Å². The molecule has 4 heteroatoms. The minimum absolute atomic E-state index is 0.105. The Morgan fingerprint density at radius 1 is 1.26 bits per heavy atom. The van der Waals surface area contributed by atoms with E-state index in [1.807, 2.05) is 30.3 Å². The van der Waals surface area contributed by atoms with Crippen molar-refractivity contribution in [1.82, 2.24) is 0 Å². The lowest BCUT2D eigenvalue weighted by molar-refractivity contribution is -0.105. The molecule has 0 radical (unpaired) electrons. The van der Waals surface area contributed by atoms with Gasteiger partial charge in [0.2, 0.25) is 0 Å². The standard InChI is InChI=1S/C15H19NO3/c16-9-3-10-17-12-13-5-7-14(8-6-13)19-15-4-1-2-11-18-15/h5-8,15H,1-4,10-12H2/t15-/m1/s1. The lowest BCUT2D eigenvalue weighted by Gasteiger charge is -2.23. The Bertz CT molecular complexity index is 404. The van der Waals surface area contributed by atoms with Gasteiger partial charge in [0.1, 0.15) is 5.75 Å². The Morgan fingerprint density at radius 3 is 2.79 bits per heavy atom. The number of hydrogen-bond acceptors (Lipinski definition) is 4. The SMILES string of the molecule is N#CCCOCc1ccc(O[C@@H]2CCCCO2)cc1. The lowest BCUT2D eigenvalue weighted by atomic mass is 10.2. The minimum Gasteiger partial charge on any atom is -0.465 e. The summed E-state index contributed by atoms with van der Waals surface area (Å²) in [5, 5.41) is 8.40. The lowest BCUT2D eigenvalue weighted by Crippen LogP contribution is -2.24. The fraction of sp³-hybridized carbons (Fsp3) is 0.533. The topological polar surface area (TPSA) is 51.5 Å². The van der Waals surface area contributed by atoms with E-state index in [4.69, 9.17) is 19.5 Å². The van der Waals surface area contributed by atoms with Crippen molar-refractivity contribution in [2.45, 2.75) is 38.6 Å². The van der Waals surface area contributed by atoms with Crippen molar-refractivity contribution in [3.05, 3.63) is 29.8 Å². The summed E-state index contributed by atoms with van der Waals surface area (Å²) in [5.41, 5.74) is 1.08. The second kappa shape index (κ2) is 7.78. The van der Waals surface area contributed by atoms with Crippen LogP contribution in [0.15, 0.2) is 24.3 Å². The zero-order valence-electron chi connectivity index (χ0n) is 11.0. The zero-order valence-corrected chi connectivity index (χ0v) is 11.0.